The van der Waals surface area contributed by atoms with Crippen LogP contribution < -0.4 is 0 Å². The smallest absolute Gasteiger partial charge is 0.183 e. The van der Waals surface area contributed by atoms with Gasteiger partial charge in [0.15, 0.2) is 4.67 Å². The molecule has 1 unspecified atom stereocenters. The average Bonchev–Trinajstić information content (AvgIpc) is 2.64. The Labute approximate surface area is 125 Å². The van der Waals surface area contributed by atoms with Crippen LogP contribution in [0.1, 0.15) is 17.4 Å². The van der Waals surface area contributed by atoms with Crippen molar-refractivity contribution in [2.45, 2.75) is 12.5 Å². The highest BCUT2D eigenvalue weighted by molar-refractivity contribution is 9.13. The molecule has 1 aromatic heterocycles. The molecule has 0 amide bonds. The minimum Gasteiger partial charge on any atom is -0.450 e. The van der Waals surface area contributed by atoms with Gasteiger partial charge in [0, 0.05) is 17.0 Å². The highest BCUT2D eigenvalue weighted by Crippen LogP contribution is 2.32. The summed E-state index contributed by atoms with van der Waals surface area (Å²) in [6.07, 6.45) is -0.903. The summed E-state index contributed by atoms with van der Waals surface area (Å²) < 4.78 is 20.0. The van der Waals surface area contributed by atoms with E-state index in [0.29, 0.717) is 19.9 Å². The quantitative estimate of drug-likeness (QED) is 0.800. The van der Waals surface area contributed by atoms with E-state index in [-0.39, 0.29) is 12.0 Å². The van der Waals surface area contributed by atoms with E-state index in [1.807, 2.05) is 0 Å². The molecule has 2 nitrogen and oxygen atoms in total. The molecular weight excluding hydrogens is 390 g/mol. The van der Waals surface area contributed by atoms with Crippen molar-refractivity contribution in [1.82, 2.24) is 0 Å². The van der Waals surface area contributed by atoms with Gasteiger partial charge in [-0.3, -0.25) is 0 Å². The van der Waals surface area contributed by atoms with Crippen LogP contribution in [0, 0.1) is 5.82 Å². The standard InChI is InChI=1S/C12H8Br2ClFO2/c13-7-5-11(18-12(7)14)10(17)4-6-8(15)2-1-3-9(6)16/h1-3,5,10,17H,4H2. The molecule has 0 aliphatic rings. The molecule has 18 heavy (non-hydrogen) atoms. The molecule has 1 atom stereocenters. The molecule has 1 heterocycles. The summed E-state index contributed by atoms with van der Waals surface area (Å²) in [4.78, 5) is 0. The lowest BCUT2D eigenvalue weighted by Crippen LogP contribution is -2.03. The number of rotatable bonds is 3. The van der Waals surface area contributed by atoms with Gasteiger partial charge in [-0.25, -0.2) is 4.39 Å². The van der Waals surface area contributed by atoms with Crippen molar-refractivity contribution in [2.24, 2.45) is 0 Å². The average molecular weight is 398 g/mol. The van der Waals surface area contributed by atoms with Gasteiger partial charge in [-0.2, -0.15) is 0 Å². The monoisotopic (exact) mass is 396 g/mol. The van der Waals surface area contributed by atoms with E-state index in [0.717, 1.165) is 0 Å². The Balaban J connectivity index is 2.23. The van der Waals surface area contributed by atoms with E-state index in [9.17, 15) is 9.50 Å². The van der Waals surface area contributed by atoms with Crippen molar-refractivity contribution >= 4 is 43.5 Å². The summed E-state index contributed by atoms with van der Waals surface area (Å²) in [6.45, 7) is 0. The van der Waals surface area contributed by atoms with Crippen LogP contribution in [0.5, 0.6) is 0 Å². The molecule has 1 N–H and O–H groups in total. The Hall–Kier alpha value is -0.360. The van der Waals surface area contributed by atoms with Gasteiger partial charge in [0.05, 0.1) is 4.47 Å². The summed E-state index contributed by atoms with van der Waals surface area (Å²) in [5, 5.41) is 10.3. The van der Waals surface area contributed by atoms with E-state index >= 15 is 0 Å². The van der Waals surface area contributed by atoms with Crippen LogP contribution in [0.3, 0.4) is 0 Å². The first kappa shape index (κ1) is 14.1. The fourth-order valence-electron chi connectivity index (χ4n) is 1.55. The van der Waals surface area contributed by atoms with Crippen LogP contribution in [-0.2, 0) is 6.42 Å². The maximum atomic E-state index is 13.6. The van der Waals surface area contributed by atoms with Crippen molar-refractivity contribution < 1.29 is 13.9 Å². The molecular formula is C12H8Br2ClFO2. The molecule has 0 radical (unpaired) electrons. The van der Waals surface area contributed by atoms with Crippen molar-refractivity contribution in [3.8, 4) is 0 Å². The highest BCUT2D eigenvalue weighted by Gasteiger charge is 2.18. The predicted molar refractivity (Wildman–Crippen MR) is 74.2 cm³/mol. The first-order valence-electron chi connectivity index (χ1n) is 5.04. The van der Waals surface area contributed by atoms with Crippen LogP contribution >= 0.6 is 43.5 Å². The molecule has 0 fully saturated rings. The Morgan fingerprint density at radius 2 is 2.11 bits per heavy atom. The Bertz CT molecular complexity index is 531. The lowest BCUT2D eigenvalue weighted by molar-refractivity contribution is 0.147. The van der Waals surface area contributed by atoms with E-state index < -0.39 is 11.9 Å². The Morgan fingerprint density at radius 1 is 1.39 bits per heavy atom. The zero-order valence-electron chi connectivity index (χ0n) is 8.96. The van der Waals surface area contributed by atoms with Gasteiger partial charge in [0.25, 0.3) is 0 Å². The number of furan rings is 1. The predicted octanol–water partition coefficient (Wildman–Crippen LogP) is 4.87. The molecule has 0 spiro atoms. The lowest BCUT2D eigenvalue weighted by Gasteiger charge is -2.10. The third-order valence-electron chi connectivity index (χ3n) is 2.45. The molecule has 2 rings (SSSR count). The normalized spacial score (nSPS) is 12.7. The van der Waals surface area contributed by atoms with E-state index in [2.05, 4.69) is 31.9 Å². The van der Waals surface area contributed by atoms with Crippen LogP contribution in [0.2, 0.25) is 5.02 Å². The lowest BCUT2D eigenvalue weighted by atomic mass is 10.1. The van der Waals surface area contributed by atoms with Crippen LogP contribution in [0.25, 0.3) is 0 Å². The van der Waals surface area contributed by atoms with Gasteiger partial charge in [-0.05, 0) is 50.1 Å². The maximum absolute atomic E-state index is 13.6. The van der Waals surface area contributed by atoms with Crippen LogP contribution in [0.4, 0.5) is 4.39 Å². The topological polar surface area (TPSA) is 33.4 Å². The number of halogens is 4. The molecule has 1 aromatic carbocycles. The Kier molecular flexibility index (Phi) is 4.48. The van der Waals surface area contributed by atoms with Crippen LogP contribution in [0.15, 0.2) is 37.8 Å². The first-order valence-corrected chi connectivity index (χ1v) is 7.01. The molecule has 0 aliphatic carbocycles. The second-order valence-corrected chi connectivity index (χ2v) is 5.67. The van der Waals surface area contributed by atoms with Gasteiger partial charge in [-0.15, -0.1) is 0 Å². The second-order valence-electron chi connectivity index (χ2n) is 3.69. The summed E-state index contributed by atoms with van der Waals surface area (Å²) in [5.41, 5.74) is 0.273. The molecule has 6 heteroatoms. The SMILES string of the molecule is OC(Cc1c(F)cccc1Cl)c1cc(Br)c(Br)o1. The van der Waals surface area contributed by atoms with Crippen molar-refractivity contribution in [3.63, 3.8) is 0 Å². The van der Waals surface area contributed by atoms with E-state index in [1.54, 1.807) is 12.1 Å². The number of hydrogen-bond acceptors (Lipinski definition) is 2. The zero-order chi connectivity index (χ0) is 13.3. The number of aliphatic hydroxyl groups excluding tert-OH is 1. The Morgan fingerprint density at radius 3 is 2.67 bits per heavy atom. The summed E-state index contributed by atoms with van der Waals surface area (Å²) in [6, 6.07) is 6.04. The van der Waals surface area contributed by atoms with Gasteiger partial charge in [0.2, 0.25) is 0 Å². The van der Waals surface area contributed by atoms with Gasteiger partial charge in [-0.1, -0.05) is 17.7 Å². The fourth-order valence-corrected chi connectivity index (χ4v) is 2.40. The van der Waals surface area contributed by atoms with Gasteiger partial charge < -0.3 is 9.52 Å². The maximum Gasteiger partial charge on any atom is 0.183 e. The minimum absolute atomic E-state index is 0.0535. The number of hydrogen-bond donors (Lipinski definition) is 1. The molecule has 0 aliphatic heterocycles. The number of benzene rings is 1. The minimum atomic E-state index is -0.956. The van der Waals surface area contributed by atoms with Gasteiger partial charge in [0.1, 0.15) is 17.7 Å². The zero-order valence-corrected chi connectivity index (χ0v) is 12.9. The summed E-state index contributed by atoms with van der Waals surface area (Å²) in [7, 11) is 0. The molecule has 0 bridgehead atoms. The summed E-state index contributed by atoms with van der Waals surface area (Å²) in [5.74, 6) is -0.0979. The van der Waals surface area contributed by atoms with Crippen molar-refractivity contribution in [1.29, 1.82) is 0 Å². The highest BCUT2D eigenvalue weighted by atomic mass is 79.9. The third-order valence-corrected chi connectivity index (χ3v) is 4.52. The molecule has 0 saturated heterocycles. The van der Waals surface area contributed by atoms with Crippen molar-refractivity contribution in [2.75, 3.05) is 0 Å². The van der Waals surface area contributed by atoms with Crippen molar-refractivity contribution in [3.05, 3.63) is 55.6 Å². The molecule has 0 saturated carbocycles. The largest absolute Gasteiger partial charge is 0.450 e. The fraction of sp³-hybridized carbons (Fsp3) is 0.167. The summed E-state index contributed by atoms with van der Waals surface area (Å²) >= 11 is 12.3. The molecule has 96 valence electrons. The van der Waals surface area contributed by atoms with Gasteiger partial charge >= 0.3 is 0 Å². The first-order chi connectivity index (χ1) is 8.49. The van der Waals surface area contributed by atoms with Crippen LogP contribution in [-0.4, -0.2) is 5.11 Å². The second kappa shape index (κ2) is 5.74. The third kappa shape index (κ3) is 2.96. The van der Waals surface area contributed by atoms with E-state index in [4.69, 9.17) is 16.0 Å². The van der Waals surface area contributed by atoms with E-state index in [1.165, 1.54) is 12.1 Å². The molecule has 2 aromatic rings. The number of aliphatic hydroxyl groups is 1.